The first-order valence-corrected chi connectivity index (χ1v) is 9.66. The number of hydrogen-bond donors (Lipinski definition) is 3. The molecule has 0 saturated heterocycles. The number of aromatic amines is 1. The highest BCUT2D eigenvalue weighted by Crippen LogP contribution is 2.22. The molecule has 30 heavy (non-hydrogen) atoms. The summed E-state index contributed by atoms with van der Waals surface area (Å²) in [6.07, 6.45) is 0. The van der Waals surface area contributed by atoms with Crippen LogP contribution in [0, 0.1) is 34.6 Å². The summed E-state index contributed by atoms with van der Waals surface area (Å²) in [5.41, 5.74) is 5.30. The quantitative estimate of drug-likeness (QED) is 0.454. The van der Waals surface area contributed by atoms with Gasteiger partial charge in [-0.3, -0.25) is 9.59 Å². The summed E-state index contributed by atoms with van der Waals surface area (Å²) >= 11 is 0. The van der Waals surface area contributed by atoms with E-state index >= 15 is 0 Å². The molecule has 8 nitrogen and oxygen atoms in total. The third-order valence-corrected chi connectivity index (χ3v) is 4.74. The first-order chi connectivity index (χ1) is 14.1. The molecule has 162 valence electrons. The van der Waals surface area contributed by atoms with Crippen molar-refractivity contribution in [3.63, 3.8) is 0 Å². The van der Waals surface area contributed by atoms with Crippen LogP contribution < -0.4 is 10.6 Å². The molecule has 0 aliphatic rings. The Morgan fingerprint density at radius 1 is 1.00 bits per heavy atom. The second-order valence-corrected chi connectivity index (χ2v) is 7.26. The van der Waals surface area contributed by atoms with Crippen molar-refractivity contribution >= 4 is 23.5 Å². The highest BCUT2D eigenvalue weighted by Gasteiger charge is 2.23. The minimum atomic E-state index is -0.527. The molecule has 0 saturated carbocycles. The molecule has 8 heteroatoms. The number of amides is 2. The Morgan fingerprint density at radius 3 is 2.23 bits per heavy atom. The second-order valence-electron chi connectivity index (χ2n) is 7.26. The molecule has 1 heterocycles. The van der Waals surface area contributed by atoms with Crippen molar-refractivity contribution in [2.24, 2.45) is 0 Å². The summed E-state index contributed by atoms with van der Waals surface area (Å²) in [5.74, 6) is -1.34. The number of hydrogen-bond acceptors (Lipinski definition) is 5. The van der Waals surface area contributed by atoms with Crippen LogP contribution in [0.2, 0.25) is 0 Å². The normalized spacial score (nSPS) is 10.6. The van der Waals surface area contributed by atoms with E-state index in [4.69, 9.17) is 9.47 Å². The Balaban J connectivity index is 2.02. The summed E-state index contributed by atoms with van der Waals surface area (Å²) in [6, 6.07) is 3.97. The lowest BCUT2D eigenvalue weighted by Crippen LogP contribution is -2.33. The Kier molecular flexibility index (Phi) is 7.77. The van der Waals surface area contributed by atoms with E-state index in [1.807, 2.05) is 32.9 Å². The zero-order chi connectivity index (χ0) is 22.4. The number of carbonyl (C=O) groups excluding carboxylic acids is 3. The number of nitrogens with one attached hydrogen (secondary N) is 3. The molecule has 0 aliphatic carbocycles. The maximum atomic E-state index is 12.6. The van der Waals surface area contributed by atoms with Crippen molar-refractivity contribution in [2.45, 2.75) is 34.6 Å². The molecule has 2 rings (SSSR count). The molecule has 3 N–H and O–H groups in total. The molecule has 1 aromatic heterocycles. The van der Waals surface area contributed by atoms with Gasteiger partial charge in [0.1, 0.15) is 12.3 Å². The number of ether oxygens (including phenoxy) is 2. The number of carbonyl (C=O) groups is 3. The van der Waals surface area contributed by atoms with Crippen molar-refractivity contribution in [1.82, 2.24) is 10.3 Å². The van der Waals surface area contributed by atoms with Crippen LogP contribution in [0.15, 0.2) is 12.1 Å². The van der Waals surface area contributed by atoms with Gasteiger partial charge in [0, 0.05) is 18.5 Å². The SMILES string of the molecule is COCCOC(=O)c1c(C)[nH]c(C(=O)NCC(=O)Nc2c(C)cc(C)cc2C)c1C. The van der Waals surface area contributed by atoms with Crippen LogP contribution >= 0.6 is 0 Å². The summed E-state index contributed by atoms with van der Waals surface area (Å²) in [7, 11) is 1.51. The number of rotatable bonds is 8. The van der Waals surface area contributed by atoms with Crippen molar-refractivity contribution in [1.29, 1.82) is 0 Å². The lowest BCUT2D eigenvalue weighted by Gasteiger charge is -2.13. The van der Waals surface area contributed by atoms with Crippen LogP contribution in [0.1, 0.15) is 48.8 Å². The van der Waals surface area contributed by atoms with Gasteiger partial charge in [-0.25, -0.2) is 4.79 Å². The molecule has 0 unspecified atom stereocenters. The number of methoxy groups -OCH3 is 1. The lowest BCUT2D eigenvalue weighted by molar-refractivity contribution is -0.115. The zero-order valence-electron chi connectivity index (χ0n) is 18.3. The number of esters is 1. The van der Waals surface area contributed by atoms with Crippen LogP contribution in [0.4, 0.5) is 5.69 Å². The standard InChI is InChI=1S/C22H29N3O5/c1-12-9-13(2)19(14(3)10-12)25-17(26)11-23-21(27)20-15(4)18(16(5)24-20)22(28)30-8-7-29-6/h9-10,24H,7-8,11H2,1-6H3,(H,23,27)(H,25,26). The maximum absolute atomic E-state index is 12.6. The minimum Gasteiger partial charge on any atom is -0.460 e. The smallest absolute Gasteiger partial charge is 0.340 e. The highest BCUT2D eigenvalue weighted by atomic mass is 16.6. The molecule has 0 spiro atoms. The largest absolute Gasteiger partial charge is 0.460 e. The van der Waals surface area contributed by atoms with E-state index < -0.39 is 11.9 Å². The van der Waals surface area contributed by atoms with E-state index in [1.165, 1.54) is 7.11 Å². The van der Waals surface area contributed by atoms with Gasteiger partial charge >= 0.3 is 5.97 Å². The van der Waals surface area contributed by atoms with Gasteiger partial charge in [-0.15, -0.1) is 0 Å². The maximum Gasteiger partial charge on any atom is 0.340 e. The molecule has 1 aromatic carbocycles. The molecule has 0 radical (unpaired) electrons. The Bertz CT molecular complexity index is 939. The van der Waals surface area contributed by atoms with E-state index in [0.29, 0.717) is 16.8 Å². The van der Waals surface area contributed by atoms with Crippen molar-refractivity contribution in [2.75, 3.05) is 32.2 Å². The van der Waals surface area contributed by atoms with E-state index in [9.17, 15) is 14.4 Å². The van der Waals surface area contributed by atoms with E-state index in [2.05, 4.69) is 15.6 Å². The lowest BCUT2D eigenvalue weighted by atomic mass is 10.1. The predicted molar refractivity (Wildman–Crippen MR) is 114 cm³/mol. The van der Waals surface area contributed by atoms with Gasteiger partial charge in [-0.05, 0) is 51.3 Å². The summed E-state index contributed by atoms with van der Waals surface area (Å²) in [4.78, 5) is 40.0. The van der Waals surface area contributed by atoms with Crippen LogP contribution in [-0.2, 0) is 14.3 Å². The Labute approximate surface area is 176 Å². The topological polar surface area (TPSA) is 110 Å². The molecule has 2 amide bonds. The van der Waals surface area contributed by atoms with Crippen LogP contribution in [0.25, 0.3) is 0 Å². The third-order valence-electron chi connectivity index (χ3n) is 4.74. The minimum absolute atomic E-state index is 0.124. The monoisotopic (exact) mass is 415 g/mol. The first kappa shape index (κ1) is 23.2. The van der Waals surface area contributed by atoms with Gasteiger partial charge in [0.15, 0.2) is 0 Å². The molecule has 0 atom stereocenters. The molecule has 0 bridgehead atoms. The molecular weight excluding hydrogens is 386 g/mol. The predicted octanol–water partition coefficient (Wildman–Crippen LogP) is 2.73. The van der Waals surface area contributed by atoms with Crippen molar-refractivity contribution in [3.05, 3.63) is 51.3 Å². The number of aromatic nitrogens is 1. The van der Waals surface area contributed by atoms with E-state index in [0.717, 1.165) is 22.4 Å². The molecule has 0 aliphatic heterocycles. The van der Waals surface area contributed by atoms with Gasteiger partial charge in [0.2, 0.25) is 5.91 Å². The highest BCUT2D eigenvalue weighted by molar-refractivity contribution is 6.02. The third kappa shape index (κ3) is 5.48. The fourth-order valence-corrected chi connectivity index (χ4v) is 3.38. The fraction of sp³-hybridized carbons (Fsp3) is 0.409. The van der Waals surface area contributed by atoms with Crippen molar-refractivity contribution < 1.29 is 23.9 Å². The first-order valence-electron chi connectivity index (χ1n) is 9.66. The number of benzene rings is 1. The van der Waals surface area contributed by atoms with Gasteiger partial charge in [-0.1, -0.05) is 17.7 Å². The van der Waals surface area contributed by atoms with Crippen molar-refractivity contribution in [3.8, 4) is 0 Å². The van der Waals surface area contributed by atoms with Crippen LogP contribution in [0.3, 0.4) is 0 Å². The summed E-state index contributed by atoms with van der Waals surface area (Å²) in [5, 5.41) is 5.43. The van der Waals surface area contributed by atoms with Gasteiger partial charge in [0.25, 0.3) is 5.91 Å². The van der Waals surface area contributed by atoms with Gasteiger partial charge in [-0.2, -0.15) is 0 Å². The molecule has 2 aromatic rings. The van der Waals surface area contributed by atoms with Crippen LogP contribution in [0.5, 0.6) is 0 Å². The summed E-state index contributed by atoms with van der Waals surface area (Å²) < 4.78 is 10.0. The number of aryl methyl sites for hydroxylation is 4. The fourth-order valence-electron chi connectivity index (χ4n) is 3.38. The van der Waals surface area contributed by atoms with E-state index in [1.54, 1.807) is 13.8 Å². The van der Waals surface area contributed by atoms with Gasteiger partial charge in [0.05, 0.1) is 18.7 Å². The average Bonchev–Trinajstić information content (AvgIpc) is 2.97. The molecule has 0 fully saturated rings. The number of anilines is 1. The Hall–Kier alpha value is -3.13. The molecular formula is C22H29N3O5. The zero-order valence-corrected chi connectivity index (χ0v) is 18.3. The van der Waals surface area contributed by atoms with Crippen LogP contribution in [-0.4, -0.2) is 49.6 Å². The number of H-pyrrole nitrogens is 1. The second kappa shape index (κ2) is 10.1. The van der Waals surface area contributed by atoms with Gasteiger partial charge < -0.3 is 25.1 Å². The average molecular weight is 415 g/mol. The Morgan fingerprint density at radius 2 is 1.63 bits per heavy atom. The van der Waals surface area contributed by atoms with E-state index in [-0.39, 0.29) is 31.4 Å². The summed E-state index contributed by atoms with van der Waals surface area (Å²) in [6.45, 7) is 9.40.